The largest absolute Gasteiger partial charge is 0.480 e. The van der Waals surface area contributed by atoms with E-state index < -0.39 is 5.97 Å². The van der Waals surface area contributed by atoms with Crippen LogP contribution in [0.15, 0.2) is 5.03 Å². The lowest BCUT2D eigenvalue weighted by atomic mass is 10.3. The quantitative estimate of drug-likeness (QED) is 0.559. The van der Waals surface area contributed by atoms with Crippen LogP contribution in [0.5, 0.6) is 5.88 Å². The van der Waals surface area contributed by atoms with Gasteiger partial charge in [0.05, 0.1) is 7.11 Å². The Morgan fingerprint density at radius 3 is 2.64 bits per heavy atom. The fraction of sp³-hybridized carbons (Fsp3) is 0.286. The lowest BCUT2D eigenvalue weighted by Crippen LogP contribution is -2.09. The molecule has 0 spiro atoms. The predicted molar refractivity (Wildman–Crippen MR) is 51.7 cm³/mol. The third kappa shape index (κ3) is 1.87. The van der Waals surface area contributed by atoms with Gasteiger partial charge in [-0.2, -0.15) is 4.98 Å². The summed E-state index contributed by atoms with van der Waals surface area (Å²) in [4.78, 5) is 18.3. The van der Waals surface area contributed by atoms with E-state index in [1.807, 2.05) is 0 Å². The molecular weight excluding hydrogens is 206 g/mol. The number of nitrogens with two attached hydrogens (primary N) is 1. The topological polar surface area (TPSA) is 98.3 Å². The van der Waals surface area contributed by atoms with Crippen LogP contribution in [0.3, 0.4) is 0 Å². The van der Waals surface area contributed by atoms with Crippen LogP contribution < -0.4 is 10.5 Å². The second kappa shape index (κ2) is 4.14. The molecule has 0 aliphatic heterocycles. The zero-order valence-corrected chi connectivity index (χ0v) is 8.46. The van der Waals surface area contributed by atoms with Gasteiger partial charge in [0.15, 0.2) is 5.56 Å². The third-order valence-corrected chi connectivity index (χ3v) is 2.14. The standard InChI is InChI=1S/C7H9N3O3S/c1-13-4-3(6(11)12)5(14-2)10-7(8)9-4/h1-2H3,(H,11,12)(H2,8,9,10). The Balaban J connectivity index is 3.40. The van der Waals surface area contributed by atoms with Crippen molar-refractivity contribution in [1.82, 2.24) is 9.97 Å². The molecule has 1 rings (SSSR count). The van der Waals surface area contributed by atoms with Gasteiger partial charge in [0, 0.05) is 0 Å². The minimum atomic E-state index is -1.13. The summed E-state index contributed by atoms with van der Waals surface area (Å²) in [6.07, 6.45) is 1.70. The molecule has 6 nitrogen and oxygen atoms in total. The number of nitrogen functional groups attached to an aromatic ring is 1. The first-order valence-electron chi connectivity index (χ1n) is 3.59. The van der Waals surface area contributed by atoms with Crippen LogP contribution in [0, 0.1) is 0 Å². The number of thioether (sulfide) groups is 1. The van der Waals surface area contributed by atoms with Crippen molar-refractivity contribution >= 4 is 23.7 Å². The SMILES string of the molecule is COc1nc(N)nc(SC)c1C(=O)O. The second-order valence-corrected chi connectivity index (χ2v) is 3.08. The molecule has 1 aromatic heterocycles. The van der Waals surface area contributed by atoms with Gasteiger partial charge in [0.25, 0.3) is 0 Å². The number of rotatable bonds is 3. The number of carbonyl (C=O) groups is 1. The number of methoxy groups -OCH3 is 1. The number of aromatic nitrogens is 2. The molecule has 1 aromatic rings. The van der Waals surface area contributed by atoms with Crippen molar-refractivity contribution in [3.63, 3.8) is 0 Å². The van der Waals surface area contributed by atoms with Crippen molar-refractivity contribution < 1.29 is 14.6 Å². The molecule has 0 bridgehead atoms. The van der Waals surface area contributed by atoms with Crippen molar-refractivity contribution in [2.75, 3.05) is 19.1 Å². The molecular formula is C7H9N3O3S. The molecule has 0 unspecified atom stereocenters. The smallest absolute Gasteiger partial charge is 0.344 e. The van der Waals surface area contributed by atoms with Crippen molar-refractivity contribution in [2.45, 2.75) is 5.03 Å². The molecule has 76 valence electrons. The number of nitrogens with zero attached hydrogens (tertiary/aromatic N) is 2. The Kier molecular flexibility index (Phi) is 3.13. The number of carboxylic acid groups (broad SMARTS) is 1. The normalized spacial score (nSPS) is 9.86. The minimum Gasteiger partial charge on any atom is -0.480 e. The van der Waals surface area contributed by atoms with Gasteiger partial charge in [-0.1, -0.05) is 0 Å². The van der Waals surface area contributed by atoms with Crippen LogP contribution in [0.2, 0.25) is 0 Å². The Hall–Kier alpha value is -1.50. The number of anilines is 1. The fourth-order valence-corrected chi connectivity index (χ4v) is 1.48. The lowest BCUT2D eigenvalue weighted by Gasteiger charge is -2.07. The molecule has 0 aromatic carbocycles. The highest BCUT2D eigenvalue weighted by Crippen LogP contribution is 2.26. The van der Waals surface area contributed by atoms with E-state index in [9.17, 15) is 4.79 Å². The third-order valence-electron chi connectivity index (χ3n) is 1.46. The van der Waals surface area contributed by atoms with E-state index in [1.165, 1.54) is 18.9 Å². The minimum absolute atomic E-state index is 0.00352. The Morgan fingerprint density at radius 1 is 1.57 bits per heavy atom. The zero-order chi connectivity index (χ0) is 10.7. The highest BCUT2D eigenvalue weighted by molar-refractivity contribution is 7.98. The summed E-state index contributed by atoms with van der Waals surface area (Å²) < 4.78 is 4.80. The van der Waals surface area contributed by atoms with E-state index in [2.05, 4.69) is 9.97 Å². The maximum absolute atomic E-state index is 10.9. The van der Waals surface area contributed by atoms with Crippen LogP contribution >= 0.6 is 11.8 Å². The summed E-state index contributed by atoms with van der Waals surface area (Å²) >= 11 is 1.18. The molecule has 0 aliphatic carbocycles. The maximum Gasteiger partial charge on any atom is 0.344 e. The molecule has 0 amide bonds. The first-order chi connectivity index (χ1) is 6.60. The van der Waals surface area contributed by atoms with Crippen molar-refractivity contribution in [2.24, 2.45) is 0 Å². The summed E-state index contributed by atoms with van der Waals surface area (Å²) in [5, 5.41) is 9.18. The first kappa shape index (κ1) is 10.6. The number of hydrogen-bond donors (Lipinski definition) is 2. The van der Waals surface area contributed by atoms with Crippen molar-refractivity contribution in [3.05, 3.63) is 5.56 Å². The molecule has 0 saturated heterocycles. The molecule has 1 heterocycles. The number of aromatic carboxylic acids is 1. The van der Waals surface area contributed by atoms with E-state index in [-0.39, 0.29) is 17.4 Å². The Bertz CT molecular complexity index is 344. The van der Waals surface area contributed by atoms with E-state index in [1.54, 1.807) is 6.26 Å². The van der Waals surface area contributed by atoms with Crippen LogP contribution in [-0.2, 0) is 0 Å². The Morgan fingerprint density at radius 2 is 2.21 bits per heavy atom. The summed E-state index contributed by atoms with van der Waals surface area (Å²) in [7, 11) is 1.33. The van der Waals surface area contributed by atoms with Gasteiger partial charge >= 0.3 is 5.97 Å². The van der Waals surface area contributed by atoms with Crippen molar-refractivity contribution in [3.8, 4) is 5.88 Å². The van der Waals surface area contributed by atoms with Gasteiger partial charge in [-0.15, -0.1) is 11.8 Å². The van der Waals surface area contributed by atoms with Crippen LogP contribution in [0.25, 0.3) is 0 Å². The average molecular weight is 215 g/mol. The van der Waals surface area contributed by atoms with E-state index in [4.69, 9.17) is 15.6 Å². The van der Waals surface area contributed by atoms with Gasteiger partial charge in [-0.25, -0.2) is 9.78 Å². The van der Waals surface area contributed by atoms with Gasteiger partial charge in [-0.3, -0.25) is 0 Å². The van der Waals surface area contributed by atoms with Crippen LogP contribution in [0.1, 0.15) is 10.4 Å². The summed E-state index contributed by atoms with van der Waals surface area (Å²) in [5.74, 6) is -1.16. The predicted octanol–water partition coefficient (Wildman–Crippen LogP) is 0.487. The Labute approximate surface area is 84.5 Å². The highest BCUT2D eigenvalue weighted by atomic mass is 32.2. The van der Waals surface area contributed by atoms with E-state index >= 15 is 0 Å². The molecule has 0 saturated carbocycles. The molecule has 0 atom stereocenters. The molecule has 3 N–H and O–H groups in total. The molecule has 7 heteroatoms. The zero-order valence-electron chi connectivity index (χ0n) is 7.64. The number of hydrogen-bond acceptors (Lipinski definition) is 6. The van der Waals surface area contributed by atoms with E-state index in [0.29, 0.717) is 5.03 Å². The summed E-state index contributed by atoms with van der Waals surface area (Å²) in [5.41, 5.74) is 5.31. The van der Waals surface area contributed by atoms with Crippen LogP contribution in [-0.4, -0.2) is 34.4 Å². The maximum atomic E-state index is 10.9. The number of carboxylic acids is 1. The van der Waals surface area contributed by atoms with Gasteiger partial charge in [-0.05, 0) is 6.26 Å². The van der Waals surface area contributed by atoms with Gasteiger partial charge < -0.3 is 15.6 Å². The molecule has 14 heavy (non-hydrogen) atoms. The monoisotopic (exact) mass is 215 g/mol. The second-order valence-electron chi connectivity index (χ2n) is 2.28. The summed E-state index contributed by atoms with van der Waals surface area (Å²) in [6.45, 7) is 0. The first-order valence-corrected chi connectivity index (χ1v) is 4.81. The van der Waals surface area contributed by atoms with Crippen molar-refractivity contribution in [1.29, 1.82) is 0 Å². The number of ether oxygens (including phenoxy) is 1. The fourth-order valence-electron chi connectivity index (χ4n) is 0.915. The van der Waals surface area contributed by atoms with E-state index in [0.717, 1.165) is 0 Å². The lowest BCUT2D eigenvalue weighted by molar-refractivity contribution is 0.0687. The van der Waals surface area contributed by atoms with Gasteiger partial charge in [0.2, 0.25) is 11.8 Å². The van der Waals surface area contributed by atoms with Crippen LogP contribution in [0.4, 0.5) is 5.95 Å². The molecule has 0 aliphatic rings. The van der Waals surface area contributed by atoms with Gasteiger partial charge in [0.1, 0.15) is 5.03 Å². The summed E-state index contributed by atoms with van der Waals surface area (Å²) in [6, 6.07) is 0. The molecule has 0 fully saturated rings. The molecule has 0 radical (unpaired) electrons. The highest BCUT2D eigenvalue weighted by Gasteiger charge is 2.19. The average Bonchev–Trinajstić information content (AvgIpc) is 2.15.